The van der Waals surface area contributed by atoms with Crippen molar-refractivity contribution in [3.63, 3.8) is 0 Å². The largest absolute Gasteiger partial charge is 0.338 e. The molecule has 92 valence electrons. The molecule has 0 saturated carbocycles. The van der Waals surface area contributed by atoms with Gasteiger partial charge in [-0.1, -0.05) is 11.2 Å². The third kappa shape index (κ3) is 3.83. The molecule has 0 aromatic carbocycles. The lowest BCUT2D eigenvalue weighted by molar-refractivity contribution is 0.391. The summed E-state index contributed by atoms with van der Waals surface area (Å²) in [6.07, 6.45) is 0. The summed E-state index contributed by atoms with van der Waals surface area (Å²) in [4.78, 5) is 5.37. The van der Waals surface area contributed by atoms with Gasteiger partial charge < -0.3 is 10.3 Å². The van der Waals surface area contributed by atoms with Gasteiger partial charge >= 0.3 is 0 Å². The van der Waals surface area contributed by atoms with E-state index in [0.29, 0.717) is 17.5 Å². The van der Waals surface area contributed by atoms with E-state index < -0.39 is 0 Å². The molecule has 0 fully saturated rings. The lowest BCUT2D eigenvalue weighted by Gasteiger charge is -2.16. The molecule has 0 spiro atoms. The average molecular weight is 269 g/mol. The van der Waals surface area contributed by atoms with Crippen LogP contribution in [-0.4, -0.2) is 21.4 Å². The van der Waals surface area contributed by atoms with E-state index in [4.69, 9.17) is 10.3 Å². The molecule has 0 saturated heterocycles. The van der Waals surface area contributed by atoms with Crippen LogP contribution in [0.5, 0.6) is 0 Å². The minimum Gasteiger partial charge on any atom is -0.338 e. The Kier molecular flexibility index (Phi) is 3.86. The van der Waals surface area contributed by atoms with E-state index >= 15 is 0 Å². The van der Waals surface area contributed by atoms with E-state index in [9.17, 15) is 0 Å². The number of thiophene rings is 1. The summed E-state index contributed by atoms with van der Waals surface area (Å²) in [5.74, 6) is 2.90. The number of nitrogens with two attached hydrogens (primary N) is 1. The van der Waals surface area contributed by atoms with Crippen molar-refractivity contribution in [2.24, 2.45) is 5.73 Å². The highest BCUT2D eigenvalue weighted by atomic mass is 32.2. The second-order valence-electron chi connectivity index (χ2n) is 4.47. The van der Waals surface area contributed by atoms with E-state index in [1.165, 1.54) is 0 Å². The molecular weight excluding hydrogens is 254 g/mol. The van der Waals surface area contributed by atoms with Crippen LogP contribution < -0.4 is 5.73 Å². The van der Waals surface area contributed by atoms with Crippen LogP contribution in [-0.2, 0) is 5.75 Å². The predicted octanol–water partition coefficient (Wildman–Crippen LogP) is 2.77. The van der Waals surface area contributed by atoms with Gasteiger partial charge in [0.05, 0.1) is 10.6 Å². The van der Waals surface area contributed by atoms with Crippen molar-refractivity contribution >= 4 is 23.1 Å². The molecule has 0 aliphatic carbocycles. The maximum Gasteiger partial charge on any atom is 0.236 e. The van der Waals surface area contributed by atoms with Gasteiger partial charge in [0.2, 0.25) is 11.7 Å². The van der Waals surface area contributed by atoms with Crippen molar-refractivity contribution in [3.05, 3.63) is 23.4 Å². The van der Waals surface area contributed by atoms with Crippen LogP contribution in [0.4, 0.5) is 0 Å². The minimum atomic E-state index is -0.165. The molecule has 2 aromatic rings. The lowest BCUT2D eigenvalue weighted by atomic mass is 10.1. The Bertz CT molecular complexity index is 459. The summed E-state index contributed by atoms with van der Waals surface area (Å²) < 4.78 is 5.19. The fraction of sp³-hybridized carbons (Fsp3) is 0.455. The average Bonchev–Trinajstić information content (AvgIpc) is 2.83. The van der Waals surface area contributed by atoms with Crippen molar-refractivity contribution in [2.75, 3.05) is 5.75 Å². The van der Waals surface area contributed by atoms with E-state index in [0.717, 1.165) is 10.6 Å². The van der Waals surface area contributed by atoms with Crippen LogP contribution in [0.1, 0.15) is 19.7 Å². The quantitative estimate of drug-likeness (QED) is 0.904. The summed E-state index contributed by atoms with van der Waals surface area (Å²) >= 11 is 3.31. The van der Waals surface area contributed by atoms with Gasteiger partial charge in [-0.25, -0.2) is 0 Å². The van der Waals surface area contributed by atoms with Crippen molar-refractivity contribution < 1.29 is 4.52 Å². The second-order valence-corrected chi connectivity index (χ2v) is 6.40. The third-order valence-electron chi connectivity index (χ3n) is 1.91. The Morgan fingerprint density at radius 1 is 1.53 bits per heavy atom. The zero-order chi connectivity index (χ0) is 12.3. The van der Waals surface area contributed by atoms with Crippen LogP contribution in [0, 0.1) is 0 Å². The molecule has 0 unspecified atom stereocenters. The molecular formula is C11H15N3OS2. The van der Waals surface area contributed by atoms with Crippen molar-refractivity contribution in [3.8, 4) is 10.7 Å². The normalized spacial score (nSPS) is 11.9. The molecule has 2 rings (SSSR count). The number of nitrogens with zero attached hydrogens (tertiary/aromatic N) is 2. The minimum absolute atomic E-state index is 0.165. The maximum atomic E-state index is 5.90. The highest BCUT2D eigenvalue weighted by molar-refractivity contribution is 7.98. The first kappa shape index (κ1) is 12.6. The highest BCUT2D eigenvalue weighted by Gasteiger charge is 2.13. The van der Waals surface area contributed by atoms with Crippen molar-refractivity contribution in [1.82, 2.24) is 10.1 Å². The molecule has 0 aliphatic rings. The van der Waals surface area contributed by atoms with Gasteiger partial charge in [0.15, 0.2) is 0 Å². The molecule has 2 heterocycles. The van der Waals surface area contributed by atoms with Gasteiger partial charge in [0.25, 0.3) is 0 Å². The Morgan fingerprint density at radius 2 is 2.35 bits per heavy atom. The summed E-state index contributed by atoms with van der Waals surface area (Å²) in [6.45, 7) is 4.01. The third-order valence-corrected chi connectivity index (χ3v) is 4.17. The van der Waals surface area contributed by atoms with Gasteiger partial charge in [-0.15, -0.1) is 11.3 Å². The standard InChI is InChI=1S/C11H15N3OS2/c1-11(2,12)7-16-6-9-13-10(14-15-9)8-4-3-5-17-8/h3-5H,6-7,12H2,1-2H3. The number of hydrogen-bond acceptors (Lipinski definition) is 6. The van der Waals surface area contributed by atoms with E-state index in [-0.39, 0.29) is 5.54 Å². The molecule has 0 atom stereocenters. The molecule has 0 amide bonds. The number of thioether (sulfide) groups is 1. The number of hydrogen-bond donors (Lipinski definition) is 1. The smallest absolute Gasteiger partial charge is 0.236 e. The van der Waals surface area contributed by atoms with Crippen LogP contribution in [0.2, 0.25) is 0 Å². The monoisotopic (exact) mass is 269 g/mol. The first-order valence-corrected chi connectivity index (χ1v) is 7.31. The Labute approximate surface area is 109 Å². The molecule has 2 N–H and O–H groups in total. The van der Waals surface area contributed by atoms with Crippen LogP contribution >= 0.6 is 23.1 Å². The molecule has 0 bridgehead atoms. The van der Waals surface area contributed by atoms with E-state index in [1.807, 2.05) is 31.4 Å². The Balaban J connectivity index is 1.91. The van der Waals surface area contributed by atoms with E-state index in [1.54, 1.807) is 23.1 Å². The van der Waals surface area contributed by atoms with Crippen molar-refractivity contribution in [1.29, 1.82) is 0 Å². The number of rotatable bonds is 5. The number of aromatic nitrogens is 2. The summed E-state index contributed by atoms with van der Waals surface area (Å²) in [5.41, 5.74) is 5.73. The molecule has 0 aliphatic heterocycles. The highest BCUT2D eigenvalue weighted by Crippen LogP contribution is 2.23. The summed E-state index contributed by atoms with van der Waals surface area (Å²) in [6, 6.07) is 3.96. The van der Waals surface area contributed by atoms with Crippen LogP contribution in [0.15, 0.2) is 22.0 Å². The summed E-state index contributed by atoms with van der Waals surface area (Å²) in [5, 5.41) is 5.95. The second kappa shape index (κ2) is 5.20. The predicted molar refractivity (Wildman–Crippen MR) is 72.0 cm³/mol. The Morgan fingerprint density at radius 3 is 3.00 bits per heavy atom. The molecule has 2 aromatic heterocycles. The van der Waals surface area contributed by atoms with Crippen molar-refractivity contribution in [2.45, 2.75) is 25.1 Å². The topological polar surface area (TPSA) is 64.9 Å². The van der Waals surface area contributed by atoms with Crippen LogP contribution in [0.25, 0.3) is 10.7 Å². The van der Waals surface area contributed by atoms with Crippen LogP contribution in [0.3, 0.4) is 0 Å². The van der Waals surface area contributed by atoms with Gasteiger partial charge in [-0.3, -0.25) is 0 Å². The Hall–Kier alpha value is -0.850. The molecule has 4 nitrogen and oxygen atoms in total. The zero-order valence-corrected chi connectivity index (χ0v) is 11.5. The van der Waals surface area contributed by atoms with E-state index in [2.05, 4.69) is 10.1 Å². The summed E-state index contributed by atoms with van der Waals surface area (Å²) in [7, 11) is 0. The SMILES string of the molecule is CC(C)(N)CSCc1nc(-c2cccs2)no1. The van der Waals surface area contributed by atoms with Gasteiger partial charge in [-0.05, 0) is 25.3 Å². The lowest BCUT2D eigenvalue weighted by Crippen LogP contribution is -2.34. The fourth-order valence-corrected chi connectivity index (χ4v) is 2.79. The van der Waals surface area contributed by atoms with Gasteiger partial charge in [0, 0.05) is 11.3 Å². The van der Waals surface area contributed by atoms with Gasteiger partial charge in [0.1, 0.15) is 0 Å². The molecule has 0 radical (unpaired) electrons. The molecule has 6 heteroatoms. The van der Waals surface area contributed by atoms with Gasteiger partial charge in [-0.2, -0.15) is 16.7 Å². The first-order chi connectivity index (χ1) is 8.04. The molecule has 17 heavy (non-hydrogen) atoms. The zero-order valence-electron chi connectivity index (χ0n) is 9.84. The first-order valence-electron chi connectivity index (χ1n) is 5.28. The maximum absolute atomic E-state index is 5.90. The fourth-order valence-electron chi connectivity index (χ4n) is 1.22.